The molecule has 0 amide bonds. The summed E-state index contributed by atoms with van der Waals surface area (Å²) in [7, 11) is 0. The van der Waals surface area contributed by atoms with Crippen molar-refractivity contribution < 1.29 is 33.2 Å². The van der Waals surface area contributed by atoms with Crippen molar-refractivity contribution in [2.75, 3.05) is 66.1 Å². The van der Waals surface area contributed by atoms with E-state index in [0.29, 0.717) is 66.1 Å². The second kappa shape index (κ2) is 17.0. The van der Waals surface area contributed by atoms with Crippen LogP contribution in [0.2, 0.25) is 0 Å². The zero-order chi connectivity index (χ0) is 19.6. The van der Waals surface area contributed by atoms with Gasteiger partial charge in [0.2, 0.25) is 0 Å². The zero-order valence-corrected chi connectivity index (χ0v) is 16.9. The third kappa shape index (κ3) is 12.8. The monoisotopic (exact) mass is 388 g/mol. The lowest BCUT2D eigenvalue weighted by Gasteiger charge is -2.22. The van der Waals surface area contributed by atoms with Gasteiger partial charge in [-0.05, 0) is 45.1 Å². The molecule has 0 atom stereocenters. The van der Waals surface area contributed by atoms with Gasteiger partial charge in [-0.1, -0.05) is 0 Å². The van der Waals surface area contributed by atoms with Gasteiger partial charge in [0.1, 0.15) is 13.2 Å². The van der Waals surface area contributed by atoms with E-state index in [2.05, 4.69) is 0 Å². The van der Waals surface area contributed by atoms with E-state index >= 15 is 0 Å². The maximum atomic E-state index is 12.1. The molecule has 158 valence electrons. The van der Waals surface area contributed by atoms with Crippen molar-refractivity contribution in [2.45, 2.75) is 39.5 Å². The summed E-state index contributed by atoms with van der Waals surface area (Å²) in [6.07, 6.45) is 5.18. The quantitative estimate of drug-likeness (QED) is 0.229. The molecule has 27 heavy (non-hydrogen) atoms. The number of ether oxygens (including phenoxy) is 6. The maximum Gasteiger partial charge on any atom is 0.309 e. The Morgan fingerprint density at radius 1 is 0.815 bits per heavy atom. The maximum absolute atomic E-state index is 12.1. The van der Waals surface area contributed by atoms with Crippen molar-refractivity contribution in [3.8, 4) is 0 Å². The molecule has 0 aliphatic heterocycles. The fraction of sp³-hybridized carbons (Fsp3) is 0.850. The molecule has 0 N–H and O–H groups in total. The molecular weight excluding hydrogens is 352 g/mol. The van der Waals surface area contributed by atoms with E-state index in [0.717, 1.165) is 25.7 Å². The first kappa shape index (κ1) is 23.9. The summed E-state index contributed by atoms with van der Waals surface area (Å²) in [6.45, 7) is 9.42. The summed E-state index contributed by atoms with van der Waals surface area (Å²) in [5, 5.41) is 0. The van der Waals surface area contributed by atoms with Crippen LogP contribution in [0.25, 0.3) is 0 Å². The van der Waals surface area contributed by atoms with Crippen LogP contribution in [0, 0.1) is 5.92 Å². The second-order valence-corrected chi connectivity index (χ2v) is 6.21. The van der Waals surface area contributed by atoms with Gasteiger partial charge in [0.05, 0.1) is 51.8 Å². The molecule has 0 bridgehead atoms. The summed E-state index contributed by atoms with van der Waals surface area (Å²) in [5.41, 5.74) is 1.24. The van der Waals surface area contributed by atoms with Gasteiger partial charge in [0, 0.05) is 13.2 Å². The van der Waals surface area contributed by atoms with Crippen LogP contribution >= 0.6 is 0 Å². The number of rotatable bonds is 16. The average Bonchev–Trinajstić information content (AvgIpc) is 2.69. The van der Waals surface area contributed by atoms with Crippen molar-refractivity contribution in [3.05, 3.63) is 11.8 Å². The second-order valence-electron chi connectivity index (χ2n) is 6.21. The van der Waals surface area contributed by atoms with Crippen LogP contribution in [0.3, 0.4) is 0 Å². The van der Waals surface area contributed by atoms with Crippen LogP contribution in [0.15, 0.2) is 11.8 Å². The SMILES string of the molecule is CCOCCOCCOC=C1CCC(C(=O)OCCOCCOCC)CC1. The third-order valence-corrected chi connectivity index (χ3v) is 4.18. The van der Waals surface area contributed by atoms with Crippen molar-refractivity contribution in [1.82, 2.24) is 0 Å². The first-order valence-electron chi connectivity index (χ1n) is 10.0. The molecule has 0 aromatic heterocycles. The number of allylic oxidation sites excluding steroid dienone is 1. The van der Waals surface area contributed by atoms with Gasteiger partial charge in [-0.3, -0.25) is 4.79 Å². The van der Waals surface area contributed by atoms with Crippen LogP contribution in [0.4, 0.5) is 0 Å². The van der Waals surface area contributed by atoms with E-state index in [-0.39, 0.29) is 11.9 Å². The van der Waals surface area contributed by atoms with Crippen molar-refractivity contribution in [2.24, 2.45) is 5.92 Å². The standard InChI is InChI=1S/C20H36O7/c1-3-22-9-11-24-13-14-26-17-18-5-7-19(8-6-18)20(21)27-16-15-25-12-10-23-4-2/h17,19H,3-16H2,1-2H3. The summed E-state index contributed by atoms with van der Waals surface area (Å²) in [4.78, 5) is 12.1. The number of hydrogen-bond acceptors (Lipinski definition) is 7. The fourth-order valence-corrected chi connectivity index (χ4v) is 2.67. The van der Waals surface area contributed by atoms with Gasteiger partial charge < -0.3 is 28.4 Å². The minimum Gasteiger partial charge on any atom is -0.499 e. The molecule has 0 aromatic carbocycles. The topological polar surface area (TPSA) is 72.5 Å². The molecule has 1 aliphatic carbocycles. The van der Waals surface area contributed by atoms with Gasteiger partial charge in [-0.25, -0.2) is 0 Å². The number of carbonyl (C=O) groups is 1. The largest absolute Gasteiger partial charge is 0.499 e. The Balaban J connectivity index is 2.00. The molecule has 7 nitrogen and oxygen atoms in total. The first-order chi connectivity index (χ1) is 13.3. The Labute approximate surface area is 163 Å². The Morgan fingerprint density at radius 3 is 1.93 bits per heavy atom. The minimum absolute atomic E-state index is 0.0209. The molecule has 7 heteroatoms. The van der Waals surface area contributed by atoms with E-state index < -0.39 is 0 Å². The molecule has 1 saturated carbocycles. The summed E-state index contributed by atoms with van der Waals surface area (Å²) < 4.78 is 31.9. The molecule has 0 spiro atoms. The number of carbonyl (C=O) groups excluding carboxylic acids is 1. The number of hydrogen-bond donors (Lipinski definition) is 0. The highest BCUT2D eigenvalue weighted by Crippen LogP contribution is 2.29. The van der Waals surface area contributed by atoms with Gasteiger partial charge in [0.25, 0.3) is 0 Å². The normalized spacial score (nSPS) is 17.0. The predicted octanol–water partition coefficient (Wildman–Crippen LogP) is 2.73. The minimum atomic E-state index is -0.119. The van der Waals surface area contributed by atoms with Gasteiger partial charge in [-0.2, -0.15) is 0 Å². The third-order valence-electron chi connectivity index (χ3n) is 4.18. The Kier molecular flexibility index (Phi) is 15.0. The lowest BCUT2D eigenvalue weighted by molar-refractivity contribution is -0.151. The van der Waals surface area contributed by atoms with E-state index in [4.69, 9.17) is 28.4 Å². The average molecular weight is 389 g/mol. The molecule has 1 aliphatic rings. The van der Waals surface area contributed by atoms with E-state index in [1.54, 1.807) is 0 Å². The molecule has 1 rings (SSSR count). The van der Waals surface area contributed by atoms with E-state index in [9.17, 15) is 4.79 Å². The molecule has 0 heterocycles. The lowest BCUT2D eigenvalue weighted by atomic mass is 9.86. The summed E-state index contributed by atoms with van der Waals surface area (Å²) in [5.74, 6) is -0.140. The Morgan fingerprint density at radius 2 is 1.33 bits per heavy atom. The molecule has 0 unspecified atom stereocenters. The van der Waals surface area contributed by atoms with Gasteiger partial charge in [0.15, 0.2) is 0 Å². The van der Waals surface area contributed by atoms with E-state index in [1.807, 2.05) is 20.1 Å². The Hall–Kier alpha value is -1.15. The van der Waals surface area contributed by atoms with Crippen LogP contribution < -0.4 is 0 Å². The summed E-state index contributed by atoms with van der Waals surface area (Å²) in [6, 6.07) is 0. The Bertz CT molecular complexity index is 388. The van der Waals surface area contributed by atoms with Crippen LogP contribution in [0.1, 0.15) is 39.5 Å². The molecule has 0 saturated heterocycles. The van der Waals surface area contributed by atoms with Crippen molar-refractivity contribution in [3.63, 3.8) is 0 Å². The van der Waals surface area contributed by atoms with E-state index in [1.165, 1.54) is 5.57 Å². The highest BCUT2D eigenvalue weighted by Gasteiger charge is 2.24. The van der Waals surface area contributed by atoms with Crippen LogP contribution in [-0.2, 0) is 33.2 Å². The smallest absolute Gasteiger partial charge is 0.309 e. The predicted molar refractivity (Wildman–Crippen MR) is 102 cm³/mol. The molecular formula is C20H36O7. The summed E-state index contributed by atoms with van der Waals surface area (Å²) >= 11 is 0. The lowest BCUT2D eigenvalue weighted by Crippen LogP contribution is -2.23. The van der Waals surface area contributed by atoms with Crippen molar-refractivity contribution in [1.29, 1.82) is 0 Å². The van der Waals surface area contributed by atoms with Crippen LogP contribution in [0.5, 0.6) is 0 Å². The zero-order valence-electron chi connectivity index (χ0n) is 16.9. The molecule has 0 radical (unpaired) electrons. The van der Waals surface area contributed by atoms with Gasteiger partial charge >= 0.3 is 5.97 Å². The fourth-order valence-electron chi connectivity index (χ4n) is 2.67. The van der Waals surface area contributed by atoms with Crippen LogP contribution in [-0.4, -0.2) is 72.0 Å². The molecule has 0 aromatic rings. The van der Waals surface area contributed by atoms with Crippen molar-refractivity contribution >= 4 is 5.97 Å². The first-order valence-corrected chi connectivity index (χ1v) is 10.0. The van der Waals surface area contributed by atoms with Gasteiger partial charge in [-0.15, -0.1) is 0 Å². The highest BCUT2D eigenvalue weighted by atomic mass is 16.6. The molecule has 1 fully saturated rings. The number of esters is 1. The highest BCUT2D eigenvalue weighted by molar-refractivity contribution is 5.72.